The number of halogens is 1. The summed E-state index contributed by atoms with van der Waals surface area (Å²) in [6.07, 6.45) is 0.913. The molecule has 6 nitrogen and oxygen atoms in total. The minimum Gasteiger partial charge on any atom is -0.804 e. The van der Waals surface area contributed by atoms with Gasteiger partial charge in [0.2, 0.25) is 5.91 Å². The van der Waals surface area contributed by atoms with Crippen LogP contribution in [0.25, 0.3) is 11.0 Å². The quantitative estimate of drug-likeness (QED) is 0.874. The number of amides is 1. The van der Waals surface area contributed by atoms with Crippen LogP contribution in [0.4, 0.5) is 5.69 Å². The summed E-state index contributed by atoms with van der Waals surface area (Å²) in [5.41, 5.74) is 1.78. The van der Waals surface area contributed by atoms with E-state index in [4.69, 9.17) is 11.6 Å². The van der Waals surface area contributed by atoms with Crippen LogP contribution < -0.4 is 5.32 Å². The molecular formula is C12H11ClN3O3-. The zero-order valence-electron chi connectivity index (χ0n) is 10.4. The number of hydrogen-bond donors (Lipinski definition) is 1. The van der Waals surface area contributed by atoms with Gasteiger partial charge in [0.05, 0.1) is 28.8 Å². The standard InChI is InChI=1S/C12H11ClN3O3/c1-6(17)3-10(18)15-9-4-8(13)12-11(7(9)2)14-5-16(12)19/h4-5H,3H2,1-2H3,(H,15,18)/q-1. The molecule has 0 fully saturated rings. The second-order valence-corrected chi connectivity index (χ2v) is 4.63. The van der Waals surface area contributed by atoms with E-state index in [-0.39, 0.29) is 22.7 Å². The van der Waals surface area contributed by atoms with Crippen LogP contribution in [-0.2, 0) is 9.59 Å². The first-order valence-corrected chi connectivity index (χ1v) is 5.91. The van der Waals surface area contributed by atoms with Gasteiger partial charge in [-0.2, -0.15) is 0 Å². The summed E-state index contributed by atoms with van der Waals surface area (Å²) in [6.45, 7) is 3.05. The van der Waals surface area contributed by atoms with Crippen LogP contribution in [0.5, 0.6) is 0 Å². The van der Waals surface area contributed by atoms with E-state index in [1.807, 2.05) is 0 Å². The Morgan fingerprint density at radius 2 is 2.21 bits per heavy atom. The van der Waals surface area contributed by atoms with Gasteiger partial charge in [-0.3, -0.25) is 9.59 Å². The maximum absolute atomic E-state index is 11.6. The number of carbonyl (C=O) groups excluding carboxylic acids is 2. The van der Waals surface area contributed by atoms with Crippen molar-refractivity contribution < 1.29 is 9.59 Å². The summed E-state index contributed by atoms with van der Waals surface area (Å²) in [7, 11) is 0. The summed E-state index contributed by atoms with van der Waals surface area (Å²) in [6, 6.07) is 1.48. The highest BCUT2D eigenvalue weighted by molar-refractivity contribution is 6.35. The van der Waals surface area contributed by atoms with Crippen LogP contribution in [0.1, 0.15) is 18.9 Å². The molecular weight excluding hydrogens is 270 g/mol. The summed E-state index contributed by atoms with van der Waals surface area (Å²) in [4.78, 5) is 26.4. The van der Waals surface area contributed by atoms with Gasteiger partial charge < -0.3 is 15.3 Å². The zero-order chi connectivity index (χ0) is 14.2. The van der Waals surface area contributed by atoms with Gasteiger partial charge in [0.1, 0.15) is 5.78 Å². The maximum atomic E-state index is 11.6. The van der Waals surface area contributed by atoms with E-state index in [0.717, 1.165) is 6.33 Å². The third-order valence-corrected chi connectivity index (χ3v) is 2.96. The number of anilines is 1. The lowest BCUT2D eigenvalue weighted by atomic mass is 10.1. The van der Waals surface area contributed by atoms with E-state index in [1.165, 1.54) is 13.0 Å². The molecule has 1 amide bonds. The number of carbonyl (C=O) groups is 2. The van der Waals surface area contributed by atoms with Crippen LogP contribution in [0.3, 0.4) is 0 Å². The highest BCUT2D eigenvalue weighted by Gasteiger charge is 2.13. The van der Waals surface area contributed by atoms with Gasteiger partial charge in [0.15, 0.2) is 0 Å². The smallest absolute Gasteiger partial charge is 0.231 e. The fourth-order valence-electron chi connectivity index (χ4n) is 1.81. The summed E-state index contributed by atoms with van der Waals surface area (Å²) >= 11 is 5.99. The Balaban J connectivity index is 2.42. The minimum atomic E-state index is -0.424. The molecule has 0 saturated carbocycles. The topological polar surface area (TPSA) is 87.0 Å². The predicted molar refractivity (Wildman–Crippen MR) is 72.2 cm³/mol. The van der Waals surface area contributed by atoms with E-state index >= 15 is 0 Å². The van der Waals surface area contributed by atoms with Crippen molar-refractivity contribution >= 4 is 40.0 Å². The third-order valence-electron chi connectivity index (χ3n) is 2.68. The van der Waals surface area contributed by atoms with Crippen molar-refractivity contribution in [2.45, 2.75) is 20.3 Å². The number of hydrogen-bond acceptors (Lipinski definition) is 4. The summed E-state index contributed by atoms with van der Waals surface area (Å²) < 4.78 is 0.575. The number of imidazole rings is 1. The van der Waals surface area contributed by atoms with E-state index in [2.05, 4.69) is 10.3 Å². The average molecular weight is 281 g/mol. The Labute approximate surface area is 114 Å². The van der Waals surface area contributed by atoms with Crippen LogP contribution in [0.15, 0.2) is 12.4 Å². The molecule has 0 radical (unpaired) electrons. The number of nitrogens with one attached hydrogen (secondary N) is 1. The van der Waals surface area contributed by atoms with Crippen molar-refractivity contribution in [1.82, 2.24) is 9.71 Å². The Morgan fingerprint density at radius 1 is 1.53 bits per heavy atom. The van der Waals surface area contributed by atoms with Gasteiger partial charge in [-0.05, 0) is 19.9 Å². The molecule has 0 saturated heterocycles. The molecule has 2 rings (SSSR count). The summed E-state index contributed by atoms with van der Waals surface area (Å²) in [5, 5.41) is 14.3. The van der Waals surface area contributed by atoms with E-state index < -0.39 is 5.91 Å². The van der Waals surface area contributed by atoms with Gasteiger partial charge in [0.25, 0.3) is 0 Å². The second-order valence-electron chi connectivity index (χ2n) is 4.23. The van der Waals surface area contributed by atoms with Crippen molar-refractivity contribution in [3.05, 3.63) is 28.2 Å². The number of nitrogens with zero attached hydrogens (tertiary/aromatic N) is 2. The van der Waals surface area contributed by atoms with Gasteiger partial charge in [0, 0.05) is 11.3 Å². The fourth-order valence-corrected chi connectivity index (χ4v) is 2.09. The molecule has 0 bridgehead atoms. The first kappa shape index (κ1) is 13.4. The molecule has 0 aliphatic rings. The van der Waals surface area contributed by atoms with E-state index in [9.17, 15) is 14.8 Å². The molecule has 19 heavy (non-hydrogen) atoms. The number of rotatable bonds is 3. The van der Waals surface area contributed by atoms with E-state index in [1.54, 1.807) is 6.92 Å². The first-order chi connectivity index (χ1) is 8.90. The van der Waals surface area contributed by atoms with Crippen molar-refractivity contribution in [3.8, 4) is 0 Å². The van der Waals surface area contributed by atoms with Crippen LogP contribution >= 0.6 is 11.6 Å². The maximum Gasteiger partial charge on any atom is 0.231 e. The third kappa shape index (κ3) is 2.53. The molecule has 0 aliphatic heterocycles. The molecule has 1 aromatic carbocycles. The summed E-state index contributed by atoms with van der Waals surface area (Å²) in [5.74, 6) is -0.654. The second kappa shape index (κ2) is 4.89. The zero-order valence-corrected chi connectivity index (χ0v) is 11.1. The van der Waals surface area contributed by atoms with Crippen molar-refractivity contribution in [1.29, 1.82) is 0 Å². The minimum absolute atomic E-state index is 0.200. The number of fused-ring (bicyclic) bond motifs is 1. The normalized spacial score (nSPS) is 10.7. The largest absolute Gasteiger partial charge is 0.804 e. The lowest BCUT2D eigenvalue weighted by molar-refractivity contribution is -0.124. The Bertz CT molecular complexity index is 678. The molecule has 0 aliphatic carbocycles. The molecule has 0 spiro atoms. The average Bonchev–Trinajstić information content (AvgIpc) is 2.67. The van der Waals surface area contributed by atoms with Gasteiger partial charge >= 0.3 is 0 Å². The molecule has 0 unspecified atom stereocenters. The SMILES string of the molecule is CC(=O)CC(=O)Nc1cc(Cl)c2c(ncn2[O-])c1C. The number of benzene rings is 1. The van der Waals surface area contributed by atoms with Gasteiger partial charge in [-0.15, -0.1) is 0 Å². The number of aromatic nitrogens is 2. The van der Waals surface area contributed by atoms with Crippen molar-refractivity contribution in [2.75, 3.05) is 5.32 Å². The van der Waals surface area contributed by atoms with Gasteiger partial charge in [-0.25, -0.2) is 4.98 Å². The molecule has 1 aromatic heterocycles. The fraction of sp³-hybridized carbons (Fsp3) is 0.250. The van der Waals surface area contributed by atoms with Crippen LogP contribution in [0.2, 0.25) is 5.02 Å². The van der Waals surface area contributed by atoms with Crippen molar-refractivity contribution in [2.24, 2.45) is 0 Å². The Hall–Kier alpha value is -2.08. The molecule has 0 atom stereocenters. The lowest BCUT2D eigenvalue weighted by Crippen LogP contribution is -2.15. The molecule has 100 valence electrons. The lowest BCUT2D eigenvalue weighted by Gasteiger charge is -2.12. The van der Waals surface area contributed by atoms with Gasteiger partial charge in [-0.1, -0.05) is 11.6 Å². The molecule has 2 aromatic rings. The number of Topliss-reactive ketones (excluding diaryl/α,β-unsaturated/α-hetero) is 1. The molecule has 1 heterocycles. The number of ketones is 1. The highest BCUT2D eigenvalue weighted by Crippen LogP contribution is 2.31. The first-order valence-electron chi connectivity index (χ1n) is 5.53. The van der Waals surface area contributed by atoms with Crippen LogP contribution in [-0.4, -0.2) is 21.4 Å². The van der Waals surface area contributed by atoms with Crippen LogP contribution in [0, 0.1) is 12.1 Å². The Morgan fingerprint density at radius 3 is 2.84 bits per heavy atom. The molecule has 1 N–H and O–H groups in total. The monoisotopic (exact) mass is 280 g/mol. The molecule has 7 heteroatoms. The van der Waals surface area contributed by atoms with E-state index in [0.29, 0.717) is 21.5 Å². The highest BCUT2D eigenvalue weighted by atomic mass is 35.5. The predicted octanol–water partition coefficient (Wildman–Crippen LogP) is 2.26. The Kier molecular flexibility index (Phi) is 3.44. The van der Waals surface area contributed by atoms with Crippen molar-refractivity contribution in [3.63, 3.8) is 0 Å². The number of aryl methyl sites for hydroxylation is 1.